The summed E-state index contributed by atoms with van der Waals surface area (Å²) < 4.78 is 19.4. The normalized spacial score (nSPS) is 10.6. The van der Waals surface area contributed by atoms with Gasteiger partial charge in [-0.3, -0.25) is 0 Å². The van der Waals surface area contributed by atoms with E-state index >= 15 is 0 Å². The number of nitrogens with two attached hydrogens (primary N) is 1. The Morgan fingerprint density at radius 2 is 2.09 bits per heavy atom. The van der Waals surface area contributed by atoms with Crippen LogP contribution in [0.5, 0.6) is 5.75 Å². The fourth-order valence-corrected chi connectivity index (χ4v) is 2.75. The summed E-state index contributed by atoms with van der Waals surface area (Å²) in [5.41, 5.74) is 5.32. The van der Waals surface area contributed by atoms with Gasteiger partial charge in [-0.15, -0.1) is 9.24 Å². The van der Waals surface area contributed by atoms with Gasteiger partial charge in [0.15, 0.2) is 17.3 Å². The number of hydrogen-bond acceptors (Lipinski definition) is 4. The first-order chi connectivity index (χ1) is 10.3. The molecule has 0 aliphatic heterocycles. The number of benzene rings is 1. The molecule has 0 saturated carbocycles. The first-order valence-electron chi connectivity index (χ1n) is 5.79. The molecule has 0 bridgehead atoms. The summed E-state index contributed by atoms with van der Waals surface area (Å²) in [5.74, 6) is -2.32. The Hall–Kier alpha value is -1.62. The molecule has 0 aliphatic carbocycles. The predicted octanol–water partition coefficient (Wildman–Crippen LogP) is 2.98. The number of anilines is 1. The fraction of sp³-hybridized carbons (Fsp3) is 0.0769. The van der Waals surface area contributed by atoms with Crippen molar-refractivity contribution in [2.45, 2.75) is 0 Å². The van der Waals surface area contributed by atoms with Gasteiger partial charge in [0, 0.05) is 10.9 Å². The summed E-state index contributed by atoms with van der Waals surface area (Å²) in [6.07, 6.45) is 0. The van der Waals surface area contributed by atoms with Gasteiger partial charge < -0.3 is 15.6 Å². The van der Waals surface area contributed by atoms with E-state index in [0.29, 0.717) is 0 Å². The van der Waals surface area contributed by atoms with Gasteiger partial charge in [-0.1, -0.05) is 23.2 Å². The first-order valence-corrected chi connectivity index (χ1v) is 7.13. The number of carboxylic acids is 1. The second-order valence-corrected chi connectivity index (χ2v) is 5.56. The van der Waals surface area contributed by atoms with E-state index in [9.17, 15) is 9.18 Å². The summed E-state index contributed by atoms with van der Waals surface area (Å²) in [6.45, 7) is 0. The van der Waals surface area contributed by atoms with Crippen molar-refractivity contribution in [3.05, 3.63) is 33.7 Å². The van der Waals surface area contributed by atoms with Gasteiger partial charge >= 0.3 is 5.97 Å². The molecule has 2 rings (SSSR count). The Labute approximate surface area is 137 Å². The number of carboxylic acid groups (broad SMARTS) is 1. The highest BCUT2D eigenvalue weighted by Crippen LogP contribution is 2.36. The minimum Gasteiger partial charge on any atom is -0.492 e. The van der Waals surface area contributed by atoms with E-state index in [2.05, 4.69) is 14.2 Å². The van der Waals surface area contributed by atoms with Crippen molar-refractivity contribution >= 4 is 49.4 Å². The molecule has 1 atom stereocenters. The van der Waals surface area contributed by atoms with Crippen LogP contribution in [0.25, 0.3) is 11.3 Å². The molecule has 1 aromatic carbocycles. The second-order valence-electron chi connectivity index (χ2n) is 4.20. The Morgan fingerprint density at radius 3 is 2.64 bits per heavy atom. The number of nitrogens with zero attached hydrogens (tertiary/aromatic N) is 1. The summed E-state index contributed by atoms with van der Waals surface area (Å²) in [6, 6.07) is 2.77. The van der Waals surface area contributed by atoms with Crippen molar-refractivity contribution in [2.24, 2.45) is 0 Å². The van der Waals surface area contributed by atoms with Crippen molar-refractivity contribution in [2.75, 3.05) is 12.8 Å². The lowest BCUT2D eigenvalue weighted by atomic mass is 10.1. The Balaban J connectivity index is 2.81. The van der Waals surface area contributed by atoms with E-state index in [4.69, 9.17) is 38.8 Å². The van der Waals surface area contributed by atoms with E-state index in [1.54, 1.807) is 0 Å². The van der Waals surface area contributed by atoms with Crippen LogP contribution in [0.4, 0.5) is 10.1 Å². The molecule has 0 fully saturated rings. The minimum absolute atomic E-state index is 0.00267. The van der Waals surface area contributed by atoms with Crippen molar-refractivity contribution in [3.63, 3.8) is 0 Å². The summed E-state index contributed by atoms with van der Waals surface area (Å²) in [5, 5.41) is 9.27. The third-order valence-electron chi connectivity index (χ3n) is 2.92. The standard InChI is InChI=1S/C13H10Cl2FN2O3P/c1-21-11-5(14)3-2-4(7(11)16)9-12(22)8(17)6(15)10(18-9)13(19)20/h2-3H,22H2,1H3,(H2,17,18)(H,19,20). The number of aromatic nitrogens is 1. The van der Waals surface area contributed by atoms with Gasteiger partial charge in [-0.05, 0) is 12.1 Å². The van der Waals surface area contributed by atoms with Crippen LogP contribution in [0, 0.1) is 5.82 Å². The number of ether oxygens (including phenoxy) is 1. The van der Waals surface area contributed by atoms with Crippen LogP contribution in [-0.4, -0.2) is 23.2 Å². The number of carbonyl (C=O) groups is 1. The topological polar surface area (TPSA) is 85.4 Å². The quantitative estimate of drug-likeness (QED) is 0.819. The summed E-state index contributed by atoms with van der Waals surface area (Å²) in [7, 11) is 3.53. The fourth-order valence-electron chi connectivity index (χ4n) is 1.84. The van der Waals surface area contributed by atoms with Gasteiger partial charge in [0.2, 0.25) is 0 Å². The lowest BCUT2D eigenvalue weighted by Crippen LogP contribution is -2.15. The lowest BCUT2D eigenvalue weighted by molar-refractivity contribution is 0.0691. The van der Waals surface area contributed by atoms with E-state index in [-0.39, 0.29) is 38.0 Å². The molecular weight excluding hydrogens is 353 g/mol. The van der Waals surface area contributed by atoms with Crippen LogP contribution in [-0.2, 0) is 0 Å². The number of nitrogen functional groups attached to an aromatic ring is 1. The highest BCUT2D eigenvalue weighted by atomic mass is 35.5. The van der Waals surface area contributed by atoms with E-state index in [1.807, 2.05) is 0 Å². The molecule has 1 aromatic heterocycles. The average Bonchev–Trinajstić information content (AvgIpc) is 2.46. The van der Waals surface area contributed by atoms with Crippen molar-refractivity contribution in [1.82, 2.24) is 4.98 Å². The van der Waals surface area contributed by atoms with Gasteiger partial charge in [0.25, 0.3) is 0 Å². The molecular formula is C13H10Cl2FN2O3P. The number of rotatable bonds is 3. The number of pyridine rings is 1. The maximum Gasteiger partial charge on any atom is 0.356 e. The SMILES string of the molecule is COc1c(Cl)ccc(-c2nc(C(=O)O)c(Cl)c(N)c2P)c1F. The highest BCUT2D eigenvalue weighted by molar-refractivity contribution is 7.28. The first kappa shape index (κ1) is 16.7. The van der Waals surface area contributed by atoms with Crippen LogP contribution in [0.2, 0.25) is 10.0 Å². The monoisotopic (exact) mass is 362 g/mol. The largest absolute Gasteiger partial charge is 0.492 e. The molecule has 1 heterocycles. The molecule has 5 nitrogen and oxygen atoms in total. The van der Waals surface area contributed by atoms with Gasteiger partial charge in [0.05, 0.1) is 28.5 Å². The number of halogens is 3. The molecule has 0 aliphatic rings. The Kier molecular flexibility index (Phi) is 4.75. The van der Waals surface area contributed by atoms with Crippen LogP contribution in [0.1, 0.15) is 10.5 Å². The molecule has 9 heteroatoms. The summed E-state index contributed by atoms with van der Waals surface area (Å²) in [4.78, 5) is 15.1. The Bertz CT molecular complexity index is 787. The minimum atomic E-state index is -1.37. The molecule has 22 heavy (non-hydrogen) atoms. The number of aromatic carboxylic acids is 1. The van der Waals surface area contributed by atoms with E-state index < -0.39 is 17.5 Å². The van der Waals surface area contributed by atoms with Crippen LogP contribution in [0.3, 0.4) is 0 Å². The zero-order chi connectivity index (χ0) is 16.6. The zero-order valence-electron chi connectivity index (χ0n) is 11.2. The summed E-state index contributed by atoms with van der Waals surface area (Å²) >= 11 is 11.7. The molecule has 2 aromatic rings. The second kappa shape index (κ2) is 6.24. The molecule has 0 saturated heterocycles. The molecule has 1 unspecified atom stereocenters. The third kappa shape index (κ3) is 2.70. The smallest absolute Gasteiger partial charge is 0.356 e. The van der Waals surface area contributed by atoms with Crippen LogP contribution < -0.4 is 15.8 Å². The van der Waals surface area contributed by atoms with E-state index in [1.165, 1.54) is 19.2 Å². The van der Waals surface area contributed by atoms with Crippen molar-refractivity contribution < 1.29 is 19.0 Å². The molecule has 0 amide bonds. The van der Waals surface area contributed by atoms with Gasteiger partial charge in [0.1, 0.15) is 0 Å². The highest BCUT2D eigenvalue weighted by Gasteiger charge is 2.23. The molecule has 0 spiro atoms. The molecule has 0 radical (unpaired) electrons. The van der Waals surface area contributed by atoms with Crippen LogP contribution >= 0.6 is 32.4 Å². The van der Waals surface area contributed by atoms with Crippen molar-refractivity contribution in [1.29, 1.82) is 0 Å². The molecule has 116 valence electrons. The zero-order valence-corrected chi connectivity index (χ0v) is 13.8. The Morgan fingerprint density at radius 1 is 1.45 bits per heavy atom. The average molecular weight is 363 g/mol. The number of hydrogen-bond donors (Lipinski definition) is 2. The maximum absolute atomic E-state index is 14.5. The maximum atomic E-state index is 14.5. The van der Waals surface area contributed by atoms with Gasteiger partial charge in [-0.2, -0.15) is 0 Å². The van der Waals surface area contributed by atoms with E-state index in [0.717, 1.165) is 0 Å². The van der Waals surface area contributed by atoms with Gasteiger partial charge in [-0.25, -0.2) is 14.2 Å². The van der Waals surface area contributed by atoms with Crippen LogP contribution in [0.15, 0.2) is 12.1 Å². The predicted molar refractivity (Wildman–Crippen MR) is 86.9 cm³/mol. The lowest BCUT2D eigenvalue weighted by Gasteiger charge is -2.14. The third-order valence-corrected chi connectivity index (χ3v) is 4.19. The molecule has 3 N–H and O–H groups in total. The van der Waals surface area contributed by atoms with Crippen molar-refractivity contribution in [3.8, 4) is 17.0 Å². The number of methoxy groups -OCH3 is 1.